The molecule has 0 spiro atoms. The van der Waals surface area contributed by atoms with E-state index in [-0.39, 0.29) is 12.6 Å². The van der Waals surface area contributed by atoms with Crippen LogP contribution < -0.4 is 10.1 Å². The molecule has 0 saturated carbocycles. The first kappa shape index (κ1) is 12.7. The van der Waals surface area contributed by atoms with E-state index in [9.17, 15) is 18.9 Å². The van der Waals surface area contributed by atoms with E-state index in [1.165, 1.54) is 0 Å². The Hall–Kier alpha value is -1.76. The predicted molar refractivity (Wildman–Crippen MR) is 59.5 cm³/mol. The summed E-state index contributed by atoms with van der Waals surface area (Å²) in [7, 11) is 0. The van der Waals surface area contributed by atoms with Crippen molar-refractivity contribution >= 4 is 5.69 Å². The largest absolute Gasteiger partial charge is 0.483 e. The average molecular weight is 258 g/mol. The molecular formula is C11H12F2N2O3. The molecule has 1 aliphatic heterocycles. The SMILES string of the molecule is O=[N+]([O-])c1ccc(F)c(F)c1OCC1CCCN1. The van der Waals surface area contributed by atoms with E-state index < -0.39 is 28.0 Å². The third-order valence-electron chi connectivity index (χ3n) is 2.82. The molecule has 0 amide bonds. The van der Waals surface area contributed by atoms with Gasteiger partial charge in [0.05, 0.1) is 4.92 Å². The minimum absolute atomic E-state index is 0.0206. The molecule has 1 aromatic rings. The number of nitro groups is 1. The summed E-state index contributed by atoms with van der Waals surface area (Å²) < 4.78 is 31.6. The highest BCUT2D eigenvalue weighted by Crippen LogP contribution is 2.31. The summed E-state index contributed by atoms with van der Waals surface area (Å²) in [4.78, 5) is 9.91. The Labute approximate surface area is 102 Å². The van der Waals surface area contributed by atoms with Crippen molar-refractivity contribution < 1.29 is 18.4 Å². The topological polar surface area (TPSA) is 64.4 Å². The molecule has 0 bridgehead atoms. The molecule has 5 nitrogen and oxygen atoms in total. The van der Waals surface area contributed by atoms with Crippen molar-refractivity contribution in [3.05, 3.63) is 33.9 Å². The third-order valence-corrected chi connectivity index (χ3v) is 2.82. The smallest absolute Gasteiger partial charge is 0.314 e. The number of nitro benzene ring substituents is 1. The lowest BCUT2D eigenvalue weighted by molar-refractivity contribution is -0.386. The van der Waals surface area contributed by atoms with Gasteiger partial charge in [-0.3, -0.25) is 10.1 Å². The van der Waals surface area contributed by atoms with Crippen LogP contribution in [-0.2, 0) is 0 Å². The fourth-order valence-corrected chi connectivity index (χ4v) is 1.89. The molecule has 7 heteroatoms. The molecule has 2 rings (SSSR count). The second-order valence-electron chi connectivity index (χ2n) is 4.07. The highest BCUT2D eigenvalue weighted by atomic mass is 19.2. The molecule has 0 radical (unpaired) electrons. The third kappa shape index (κ3) is 2.56. The Morgan fingerprint density at radius 2 is 2.28 bits per heavy atom. The molecule has 18 heavy (non-hydrogen) atoms. The first-order valence-corrected chi connectivity index (χ1v) is 5.58. The maximum Gasteiger partial charge on any atom is 0.314 e. The normalized spacial score (nSPS) is 18.9. The zero-order valence-electron chi connectivity index (χ0n) is 9.49. The maximum atomic E-state index is 13.5. The zero-order valence-corrected chi connectivity index (χ0v) is 9.49. The van der Waals surface area contributed by atoms with Crippen LogP contribution in [0.1, 0.15) is 12.8 Å². The van der Waals surface area contributed by atoms with Crippen LogP contribution in [-0.4, -0.2) is 24.1 Å². The van der Waals surface area contributed by atoms with Crippen LogP contribution in [0.15, 0.2) is 12.1 Å². The molecule has 0 aliphatic carbocycles. The van der Waals surface area contributed by atoms with Crippen molar-refractivity contribution in [1.29, 1.82) is 0 Å². The van der Waals surface area contributed by atoms with Crippen LogP contribution in [0.25, 0.3) is 0 Å². The Morgan fingerprint density at radius 1 is 1.50 bits per heavy atom. The van der Waals surface area contributed by atoms with Gasteiger partial charge in [0.15, 0.2) is 5.82 Å². The van der Waals surface area contributed by atoms with Gasteiger partial charge in [-0.25, -0.2) is 4.39 Å². The van der Waals surface area contributed by atoms with E-state index in [0.717, 1.165) is 25.5 Å². The Morgan fingerprint density at radius 3 is 2.89 bits per heavy atom. The van der Waals surface area contributed by atoms with Crippen LogP contribution in [0.4, 0.5) is 14.5 Å². The second-order valence-corrected chi connectivity index (χ2v) is 4.07. The molecular weight excluding hydrogens is 246 g/mol. The van der Waals surface area contributed by atoms with Crippen LogP contribution >= 0.6 is 0 Å². The molecule has 98 valence electrons. The van der Waals surface area contributed by atoms with Gasteiger partial charge in [-0.05, 0) is 25.5 Å². The summed E-state index contributed by atoms with van der Waals surface area (Å²) >= 11 is 0. The number of nitrogens with zero attached hydrogens (tertiary/aromatic N) is 1. The number of halogens is 2. The van der Waals surface area contributed by atoms with Gasteiger partial charge in [-0.1, -0.05) is 0 Å². The molecule has 0 aromatic heterocycles. The van der Waals surface area contributed by atoms with Crippen molar-refractivity contribution in [3.63, 3.8) is 0 Å². The van der Waals surface area contributed by atoms with Crippen molar-refractivity contribution in [2.45, 2.75) is 18.9 Å². The zero-order chi connectivity index (χ0) is 13.1. The average Bonchev–Trinajstić information content (AvgIpc) is 2.83. The fourth-order valence-electron chi connectivity index (χ4n) is 1.89. The standard InChI is InChI=1S/C11H12F2N2O3/c12-8-3-4-9(15(16)17)11(10(8)13)18-6-7-2-1-5-14-7/h3-4,7,14H,1-2,5-6H2. The van der Waals surface area contributed by atoms with Crippen molar-refractivity contribution in [2.24, 2.45) is 0 Å². The quantitative estimate of drug-likeness (QED) is 0.662. The Bertz CT molecular complexity index is 462. The van der Waals surface area contributed by atoms with E-state index >= 15 is 0 Å². The van der Waals surface area contributed by atoms with E-state index in [1.807, 2.05) is 0 Å². The number of rotatable bonds is 4. The van der Waals surface area contributed by atoms with Crippen molar-refractivity contribution in [3.8, 4) is 5.75 Å². The molecule has 1 atom stereocenters. The molecule has 1 fully saturated rings. The van der Waals surface area contributed by atoms with Gasteiger partial charge in [0.2, 0.25) is 11.6 Å². The molecule has 1 unspecified atom stereocenters. The Balaban J connectivity index is 2.18. The fraction of sp³-hybridized carbons (Fsp3) is 0.455. The van der Waals surface area contributed by atoms with Crippen LogP contribution in [0, 0.1) is 21.7 Å². The van der Waals surface area contributed by atoms with Gasteiger partial charge >= 0.3 is 5.69 Å². The molecule has 1 heterocycles. The summed E-state index contributed by atoms with van der Waals surface area (Å²) in [5.74, 6) is -3.11. The number of nitrogens with one attached hydrogen (secondary N) is 1. The van der Waals surface area contributed by atoms with Crippen LogP contribution in [0.2, 0.25) is 0 Å². The van der Waals surface area contributed by atoms with Gasteiger partial charge < -0.3 is 10.1 Å². The lowest BCUT2D eigenvalue weighted by Crippen LogP contribution is -2.28. The summed E-state index contributed by atoms with van der Waals surface area (Å²) in [6.45, 7) is 0.920. The summed E-state index contributed by atoms with van der Waals surface area (Å²) in [6, 6.07) is 1.64. The molecule has 1 saturated heterocycles. The minimum Gasteiger partial charge on any atom is -0.483 e. The summed E-state index contributed by atoms with van der Waals surface area (Å²) in [6.07, 6.45) is 1.83. The van der Waals surface area contributed by atoms with Crippen LogP contribution in [0.3, 0.4) is 0 Å². The maximum absolute atomic E-state index is 13.5. The monoisotopic (exact) mass is 258 g/mol. The van der Waals surface area contributed by atoms with Gasteiger partial charge in [0, 0.05) is 12.1 Å². The predicted octanol–water partition coefficient (Wildman–Crippen LogP) is 2.00. The van der Waals surface area contributed by atoms with E-state index in [0.29, 0.717) is 6.07 Å². The van der Waals surface area contributed by atoms with Gasteiger partial charge in [0.1, 0.15) is 6.61 Å². The Kier molecular flexibility index (Phi) is 3.71. The van der Waals surface area contributed by atoms with E-state index in [4.69, 9.17) is 4.74 Å². The molecule has 1 aromatic carbocycles. The summed E-state index contributed by atoms with van der Waals surface area (Å²) in [5, 5.41) is 13.8. The van der Waals surface area contributed by atoms with Gasteiger partial charge in [0.25, 0.3) is 0 Å². The first-order valence-electron chi connectivity index (χ1n) is 5.58. The minimum atomic E-state index is -1.32. The lowest BCUT2D eigenvalue weighted by atomic mass is 10.2. The first-order chi connectivity index (χ1) is 8.59. The van der Waals surface area contributed by atoms with Gasteiger partial charge in [-0.2, -0.15) is 4.39 Å². The van der Waals surface area contributed by atoms with Crippen LogP contribution in [0.5, 0.6) is 5.75 Å². The molecule has 1 aliphatic rings. The molecule has 1 N–H and O–H groups in total. The van der Waals surface area contributed by atoms with Crippen molar-refractivity contribution in [1.82, 2.24) is 5.32 Å². The number of hydrogen-bond acceptors (Lipinski definition) is 4. The highest BCUT2D eigenvalue weighted by molar-refractivity contribution is 5.47. The highest BCUT2D eigenvalue weighted by Gasteiger charge is 2.24. The number of benzene rings is 1. The van der Waals surface area contributed by atoms with Gasteiger partial charge in [-0.15, -0.1) is 0 Å². The number of ether oxygens (including phenoxy) is 1. The summed E-state index contributed by atoms with van der Waals surface area (Å²) in [5.41, 5.74) is -0.563. The lowest BCUT2D eigenvalue weighted by Gasteiger charge is -2.12. The van der Waals surface area contributed by atoms with E-state index in [2.05, 4.69) is 5.32 Å². The second kappa shape index (κ2) is 5.26. The van der Waals surface area contributed by atoms with Crippen molar-refractivity contribution in [2.75, 3.05) is 13.2 Å². The van der Waals surface area contributed by atoms with E-state index in [1.54, 1.807) is 0 Å². The number of hydrogen-bond donors (Lipinski definition) is 1.